The molecule has 27 heavy (non-hydrogen) atoms. The zero-order chi connectivity index (χ0) is 19.7. The third-order valence-electron chi connectivity index (χ3n) is 4.75. The highest BCUT2D eigenvalue weighted by atomic mass is 19.4. The Morgan fingerprint density at radius 2 is 1.70 bits per heavy atom. The van der Waals surface area contributed by atoms with Gasteiger partial charge in [-0.15, -0.1) is 0 Å². The molecule has 1 aliphatic heterocycles. The zero-order valence-corrected chi connectivity index (χ0v) is 16.1. The smallest absolute Gasteiger partial charge is 0.356 e. The number of nitrogens with zero attached hydrogens (tertiary/aromatic N) is 3. The lowest BCUT2D eigenvalue weighted by Crippen LogP contribution is -2.44. The predicted octanol–water partition coefficient (Wildman–Crippen LogP) is 2.40. The highest BCUT2D eigenvalue weighted by Gasteiger charge is 2.29. The molecule has 0 spiro atoms. The van der Waals surface area contributed by atoms with Crippen molar-refractivity contribution in [3.05, 3.63) is 35.4 Å². The first-order chi connectivity index (χ1) is 12.9. The highest BCUT2D eigenvalue weighted by molar-refractivity contribution is 5.79. The van der Waals surface area contributed by atoms with E-state index in [2.05, 4.69) is 32.5 Å². The van der Waals surface area contributed by atoms with E-state index in [9.17, 15) is 13.2 Å². The normalized spacial score (nSPS) is 17.1. The molecule has 0 atom stereocenters. The largest absolute Gasteiger partial charge is 0.416 e. The Balaban J connectivity index is 1.61. The number of unbranched alkanes of at least 4 members (excludes halogenated alkanes) is 1. The second kappa shape index (κ2) is 10.5. The van der Waals surface area contributed by atoms with Gasteiger partial charge in [0.15, 0.2) is 5.96 Å². The van der Waals surface area contributed by atoms with Gasteiger partial charge in [0.05, 0.1) is 5.56 Å². The van der Waals surface area contributed by atoms with Gasteiger partial charge >= 0.3 is 6.18 Å². The summed E-state index contributed by atoms with van der Waals surface area (Å²) >= 11 is 0. The third kappa shape index (κ3) is 7.76. The molecule has 8 heteroatoms. The van der Waals surface area contributed by atoms with Crippen molar-refractivity contribution in [2.24, 2.45) is 4.99 Å². The van der Waals surface area contributed by atoms with Crippen molar-refractivity contribution in [2.75, 3.05) is 53.4 Å². The highest BCUT2D eigenvalue weighted by Crippen LogP contribution is 2.28. The topological polar surface area (TPSA) is 42.9 Å². The Morgan fingerprint density at radius 1 is 1.04 bits per heavy atom. The van der Waals surface area contributed by atoms with Crippen LogP contribution in [0.1, 0.15) is 24.0 Å². The molecule has 1 fully saturated rings. The van der Waals surface area contributed by atoms with Gasteiger partial charge in [-0.3, -0.25) is 4.99 Å². The van der Waals surface area contributed by atoms with E-state index in [-0.39, 0.29) is 0 Å². The second-order valence-corrected chi connectivity index (χ2v) is 6.90. The molecule has 0 unspecified atom stereocenters. The molecule has 1 aliphatic rings. The number of hydrogen-bond donors (Lipinski definition) is 2. The lowest BCUT2D eigenvalue weighted by molar-refractivity contribution is -0.137. The summed E-state index contributed by atoms with van der Waals surface area (Å²) in [7, 11) is 3.84. The van der Waals surface area contributed by atoms with Gasteiger partial charge in [0.2, 0.25) is 0 Å². The summed E-state index contributed by atoms with van der Waals surface area (Å²) in [6.07, 6.45) is -2.12. The molecule has 0 amide bonds. The number of halogens is 3. The van der Waals surface area contributed by atoms with Crippen LogP contribution in [-0.4, -0.2) is 69.1 Å². The van der Waals surface area contributed by atoms with E-state index >= 15 is 0 Å². The summed E-state index contributed by atoms with van der Waals surface area (Å²) in [6, 6.07) is 5.18. The molecule has 1 aromatic carbocycles. The van der Waals surface area contributed by atoms with Crippen molar-refractivity contribution >= 4 is 5.96 Å². The molecule has 0 saturated carbocycles. The molecule has 0 aliphatic carbocycles. The van der Waals surface area contributed by atoms with Gasteiger partial charge in [-0.05, 0) is 44.1 Å². The Bertz CT molecular complexity index is 578. The van der Waals surface area contributed by atoms with Crippen LogP contribution in [0.2, 0.25) is 0 Å². The standard InChI is InChI=1S/C19H30F3N5/c1-23-18(24-9-3-4-10-27-13-11-26(2)12-14-27)25-15-16-5-7-17(8-6-16)19(20,21)22/h5-8H,3-4,9-15H2,1-2H3,(H2,23,24,25). The van der Waals surface area contributed by atoms with Crippen molar-refractivity contribution in [3.63, 3.8) is 0 Å². The van der Waals surface area contributed by atoms with Crippen LogP contribution in [0.15, 0.2) is 29.3 Å². The summed E-state index contributed by atoms with van der Waals surface area (Å²) in [4.78, 5) is 9.00. The van der Waals surface area contributed by atoms with Crippen molar-refractivity contribution in [2.45, 2.75) is 25.6 Å². The molecule has 2 rings (SSSR count). The number of hydrogen-bond acceptors (Lipinski definition) is 3. The summed E-state index contributed by atoms with van der Waals surface area (Å²) in [5.74, 6) is 0.662. The average Bonchev–Trinajstić information content (AvgIpc) is 2.65. The summed E-state index contributed by atoms with van der Waals surface area (Å²) in [6.45, 7) is 6.92. The van der Waals surface area contributed by atoms with Crippen molar-refractivity contribution in [1.82, 2.24) is 20.4 Å². The maximum absolute atomic E-state index is 12.6. The third-order valence-corrected chi connectivity index (χ3v) is 4.75. The van der Waals surface area contributed by atoms with Crippen molar-refractivity contribution in [3.8, 4) is 0 Å². The van der Waals surface area contributed by atoms with Gasteiger partial charge in [-0.25, -0.2) is 0 Å². The van der Waals surface area contributed by atoms with Crippen LogP contribution in [0, 0.1) is 0 Å². The Morgan fingerprint density at radius 3 is 2.30 bits per heavy atom. The summed E-state index contributed by atoms with van der Waals surface area (Å²) in [5.41, 5.74) is 0.148. The molecule has 1 saturated heterocycles. The fourth-order valence-corrected chi connectivity index (χ4v) is 2.96. The van der Waals surface area contributed by atoms with Gasteiger partial charge in [0, 0.05) is 46.3 Å². The molecule has 0 radical (unpaired) electrons. The number of likely N-dealkylation sites (N-methyl/N-ethyl adjacent to an activating group) is 1. The van der Waals surface area contributed by atoms with Crippen LogP contribution in [0.25, 0.3) is 0 Å². The van der Waals surface area contributed by atoms with Gasteiger partial charge < -0.3 is 20.4 Å². The number of aliphatic imine (C=N–C) groups is 1. The lowest BCUT2D eigenvalue weighted by Gasteiger charge is -2.32. The molecular weight excluding hydrogens is 355 g/mol. The molecule has 1 heterocycles. The lowest BCUT2D eigenvalue weighted by atomic mass is 10.1. The number of piperazine rings is 1. The molecule has 5 nitrogen and oxygen atoms in total. The minimum absolute atomic E-state index is 0.430. The van der Waals surface area contributed by atoms with Crippen molar-refractivity contribution < 1.29 is 13.2 Å². The first-order valence-corrected chi connectivity index (χ1v) is 9.40. The zero-order valence-electron chi connectivity index (χ0n) is 16.1. The van der Waals surface area contributed by atoms with Crippen molar-refractivity contribution in [1.29, 1.82) is 0 Å². The van der Waals surface area contributed by atoms with Crippen LogP contribution in [0.4, 0.5) is 13.2 Å². The van der Waals surface area contributed by atoms with Crippen LogP contribution < -0.4 is 10.6 Å². The molecule has 0 bridgehead atoms. The van der Waals surface area contributed by atoms with Gasteiger partial charge in [-0.2, -0.15) is 13.2 Å². The minimum atomic E-state index is -4.30. The minimum Gasteiger partial charge on any atom is -0.356 e. The number of nitrogens with one attached hydrogen (secondary N) is 2. The fraction of sp³-hybridized carbons (Fsp3) is 0.632. The Kier molecular flexibility index (Phi) is 8.37. The van der Waals surface area contributed by atoms with Crippen LogP contribution in [-0.2, 0) is 12.7 Å². The summed E-state index contributed by atoms with van der Waals surface area (Å²) in [5, 5.41) is 6.38. The monoisotopic (exact) mass is 385 g/mol. The van der Waals surface area contributed by atoms with Crippen LogP contribution >= 0.6 is 0 Å². The maximum Gasteiger partial charge on any atom is 0.416 e. The molecule has 152 valence electrons. The molecule has 0 aromatic heterocycles. The molecule has 2 N–H and O–H groups in total. The average molecular weight is 385 g/mol. The Labute approximate surface area is 159 Å². The van der Waals surface area contributed by atoms with E-state index < -0.39 is 11.7 Å². The van der Waals surface area contributed by atoms with E-state index in [1.54, 1.807) is 7.05 Å². The SMILES string of the molecule is CN=C(NCCCCN1CCN(C)CC1)NCc1ccc(C(F)(F)F)cc1. The van der Waals surface area contributed by atoms with E-state index in [0.29, 0.717) is 12.5 Å². The van der Waals surface area contributed by atoms with E-state index in [1.165, 1.54) is 12.1 Å². The summed E-state index contributed by atoms with van der Waals surface area (Å²) < 4.78 is 37.7. The van der Waals surface area contributed by atoms with E-state index in [4.69, 9.17) is 0 Å². The van der Waals surface area contributed by atoms with Crippen LogP contribution in [0.3, 0.4) is 0 Å². The number of guanidine groups is 1. The van der Waals surface area contributed by atoms with Gasteiger partial charge in [0.25, 0.3) is 0 Å². The first-order valence-electron chi connectivity index (χ1n) is 9.40. The number of rotatable bonds is 7. The second-order valence-electron chi connectivity index (χ2n) is 6.90. The maximum atomic E-state index is 12.6. The molecular formula is C19H30F3N5. The van der Waals surface area contributed by atoms with Gasteiger partial charge in [-0.1, -0.05) is 12.1 Å². The predicted molar refractivity (Wildman–Crippen MR) is 103 cm³/mol. The van der Waals surface area contributed by atoms with Crippen LogP contribution in [0.5, 0.6) is 0 Å². The number of benzene rings is 1. The number of alkyl halides is 3. The first kappa shape index (κ1) is 21.5. The molecule has 1 aromatic rings. The van der Waals surface area contributed by atoms with E-state index in [1.807, 2.05) is 0 Å². The van der Waals surface area contributed by atoms with Gasteiger partial charge in [0.1, 0.15) is 0 Å². The van der Waals surface area contributed by atoms with E-state index in [0.717, 1.165) is 69.8 Å². The fourth-order valence-electron chi connectivity index (χ4n) is 2.96. The Hall–Kier alpha value is -1.80. The quantitative estimate of drug-likeness (QED) is 0.430.